The molecule has 24 heavy (non-hydrogen) atoms. The van der Waals surface area contributed by atoms with Gasteiger partial charge in [-0.05, 0) is 74.2 Å². The highest BCUT2D eigenvalue weighted by atomic mass is 16.4. The Morgan fingerprint density at radius 3 is 2.58 bits per heavy atom. The highest BCUT2D eigenvalue weighted by molar-refractivity contribution is 5.75. The van der Waals surface area contributed by atoms with Crippen LogP contribution in [0.3, 0.4) is 0 Å². The van der Waals surface area contributed by atoms with Crippen LogP contribution in [0.5, 0.6) is 0 Å². The van der Waals surface area contributed by atoms with Crippen molar-refractivity contribution in [1.82, 2.24) is 0 Å². The molecule has 0 amide bonds. The predicted octanol–water partition coefficient (Wildman–Crippen LogP) is 2.98. The van der Waals surface area contributed by atoms with Crippen LogP contribution in [0.1, 0.15) is 58.8 Å². The molecule has 0 saturated heterocycles. The number of aliphatic hydroxyl groups excluding tert-OH is 2. The first-order chi connectivity index (χ1) is 11.2. The molecule has 4 aliphatic carbocycles. The fourth-order valence-corrected chi connectivity index (χ4v) is 7.73. The molecule has 4 heteroatoms. The Hall–Kier alpha value is -0.870. The highest BCUT2D eigenvalue weighted by Crippen LogP contribution is 2.72. The molecule has 8 atom stereocenters. The van der Waals surface area contributed by atoms with Gasteiger partial charge in [-0.1, -0.05) is 19.9 Å². The van der Waals surface area contributed by atoms with Crippen LogP contribution in [-0.4, -0.2) is 33.5 Å². The van der Waals surface area contributed by atoms with E-state index in [1.165, 1.54) is 0 Å². The first kappa shape index (κ1) is 16.6. The minimum atomic E-state index is -0.717. The van der Waals surface area contributed by atoms with Crippen LogP contribution in [0.4, 0.5) is 0 Å². The molecule has 0 aromatic carbocycles. The third-order valence-corrected chi connectivity index (χ3v) is 8.65. The standard InChI is InChI=1S/C20H30O4/c1-11-12-9-13(21)15-18(2)6-4-7-19(3,17(23)24)14(18)5-8-20(15,10-12)16(11)22/h12-16,21-22H,1,4-10H2,2-3H3,(H,23,24)/t12-,13-,14-,15-,16+,18+,19-,20+/m1/s1. The summed E-state index contributed by atoms with van der Waals surface area (Å²) in [6.45, 7) is 8.22. The molecule has 0 aromatic heterocycles. The van der Waals surface area contributed by atoms with E-state index in [1.807, 2.05) is 6.92 Å². The lowest BCUT2D eigenvalue weighted by atomic mass is 9.40. The largest absolute Gasteiger partial charge is 0.481 e. The lowest BCUT2D eigenvalue weighted by molar-refractivity contribution is -0.212. The van der Waals surface area contributed by atoms with Gasteiger partial charge >= 0.3 is 5.97 Å². The van der Waals surface area contributed by atoms with Crippen LogP contribution in [0.15, 0.2) is 12.2 Å². The van der Waals surface area contributed by atoms with Gasteiger partial charge in [0.25, 0.3) is 0 Å². The maximum Gasteiger partial charge on any atom is 0.309 e. The van der Waals surface area contributed by atoms with E-state index in [1.54, 1.807) is 0 Å². The van der Waals surface area contributed by atoms with Crippen LogP contribution in [0.25, 0.3) is 0 Å². The Balaban J connectivity index is 1.82. The molecule has 4 nitrogen and oxygen atoms in total. The van der Waals surface area contributed by atoms with Gasteiger partial charge in [0.2, 0.25) is 0 Å². The van der Waals surface area contributed by atoms with Crippen molar-refractivity contribution in [2.75, 3.05) is 0 Å². The summed E-state index contributed by atoms with van der Waals surface area (Å²) in [7, 11) is 0. The zero-order valence-corrected chi connectivity index (χ0v) is 14.8. The second-order valence-corrected chi connectivity index (χ2v) is 9.57. The number of rotatable bonds is 1. The van der Waals surface area contributed by atoms with Crippen molar-refractivity contribution < 1.29 is 20.1 Å². The van der Waals surface area contributed by atoms with E-state index in [2.05, 4.69) is 13.5 Å². The minimum Gasteiger partial charge on any atom is -0.481 e. The fourth-order valence-electron chi connectivity index (χ4n) is 7.73. The fraction of sp³-hybridized carbons (Fsp3) is 0.850. The number of carbonyl (C=O) groups is 1. The summed E-state index contributed by atoms with van der Waals surface area (Å²) >= 11 is 0. The van der Waals surface area contributed by atoms with Crippen molar-refractivity contribution in [3.05, 3.63) is 12.2 Å². The van der Waals surface area contributed by atoms with Crippen LogP contribution >= 0.6 is 0 Å². The Bertz CT molecular complexity index is 600. The first-order valence-corrected chi connectivity index (χ1v) is 9.45. The summed E-state index contributed by atoms with van der Waals surface area (Å²) < 4.78 is 0. The van der Waals surface area contributed by atoms with E-state index >= 15 is 0 Å². The topological polar surface area (TPSA) is 77.8 Å². The molecule has 0 heterocycles. The maximum atomic E-state index is 12.1. The molecular formula is C20H30O4. The number of carboxylic acid groups (broad SMARTS) is 1. The van der Waals surface area contributed by atoms with Crippen LogP contribution in [0.2, 0.25) is 0 Å². The van der Waals surface area contributed by atoms with Crippen molar-refractivity contribution in [2.45, 2.75) is 71.0 Å². The third-order valence-electron chi connectivity index (χ3n) is 8.65. The van der Waals surface area contributed by atoms with E-state index in [4.69, 9.17) is 0 Å². The number of hydrogen-bond donors (Lipinski definition) is 3. The van der Waals surface area contributed by atoms with E-state index < -0.39 is 23.6 Å². The highest BCUT2D eigenvalue weighted by Gasteiger charge is 2.69. The second-order valence-electron chi connectivity index (χ2n) is 9.57. The average molecular weight is 334 g/mol. The normalized spacial score (nSPS) is 56.5. The van der Waals surface area contributed by atoms with Crippen molar-refractivity contribution in [1.29, 1.82) is 0 Å². The monoisotopic (exact) mass is 334 g/mol. The van der Waals surface area contributed by atoms with Gasteiger partial charge in [0.15, 0.2) is 0 Å². The molecule has 2 bridgehead atoms. The quantitative estimate of drug-likeness (QED) is 0.644. The number of hydrogen-bond acceptors (Lipinski definition) is 3. The number of carboxylic acids is 1. The summed E-state index contributed by atoms with van der Waals surface area (Å²) in [5.41, 5.74) is -0.331. The van der Waals surface area contributed by atoms with Crippen LogP contribution in [-0.2, 0) is 4.79 Å². The molecule has 4 rings (SSSR count). The average Bonchev–Trinajstić information content (AvgIpc) is 2.68. The Morgan fingerprint density at radius 1 is 1.21 bits per heavy atom. The lowest BCUT2D eigenvalue weighted by Gasteiger charge is -2.64. The predicted molar refractivity (Wildman–Crippen MR) is 90.2 cm³/mol. The third kappa shape index (κ3) is 1.74. The van der Waals surface area contributed by atoms with Gasteiger partial charge in [-0.15, -0.1) is 0 Å². The number of fused-ring (bicyclic) bond motifs is 3. The SMILES string of the molecule is C=C1[C@@H]2C[C@@H](O)[C@@H]3[C@@]4(C)CCC[C@@](C)(C(=O)O)[C@@H]4CC[C@@]3(C2)[C@H]1O. The molecule has 0 unspecified atom stereocenters. The van der Waals surface area contributed by atoms with Gasteiger partial charge in [-0.3, -0.25) is 4.79 Å². The zero-order valence-electron chi connectivity index (χ0n) is 14.8. The molecule has 134 valence electrons. The Labute approximate surface area is 144 Å². The molecule has 0 aromatic rings. The molecular weight excluding hydrogens is 304 g/mol. The second kappa shape index (κ2) is 4.85. The summed E-state index contributed by atoms with van der Waals surface area (Å²) in [6, 6.07) is 0. The van der Waals surface area contributed by atoms with E-state index in [-0.39, 0.29) is 28.6 Å². The summed E-state index contributed by atoms with van der Waals surface area (Å²) in [5, 5.41) is 31.9. The Kier molecular flexibility index (Phi) is 3.35. The summed E-state index contributed by atoms with van der Waals surface area (Å²) in [6.07, 6.45) is 4.80. The maximum absolute atomic E-state index is 12.1. The van der Waals surface area contributed by atoms with Gasteiger partial charge in [-0.2, -0.15) is 0 Å². The molecule has 4 fully saturated rings. The van der Waals surface area contributed by atoms with Crippen molar-refractivity contribution >= 4 is 5.97 Å². The van der Waals surface area contributed by atoms with Gasteiger partial charge in [-0.25, -0.2) is 0 Å². The van der Waals surface area contributed by atoms with Gasteiger partial charge < -0.3 is 15.3 Å². The molecule has 4 saturated carbocycles. The molecule has 3 N–H and O–H groups in total. The van der Waals surface area contributed by atoms with Crippen molar-refractivity contribution in [2.24, 2.45) is 34.0 Å². The lowest BCUT2D eigenvalue weighted by Crippen LogP contribution is -2.63. The smallest absolute Gasteiger partial charge is 0.309 e. The van der Waals surface area contributed by atoms with Crippen molar-refractivity contribution in [3.8, 4) is 0 Å². The summed E-state index contributed by atoms with van der Waals surface area (Å²) in [5.74, 6) is -0.429. The molecule has 0 aliphatic heterocycles. The first-order valence-electron chi connectivity index (χ1n) is 9.45. The van der Waals surface area contributed by atoms with Crippen molar-refractivity contribution in [3.63, 3.8) is 0 Å². The number of aliphatic carboxylic acids is 1. The molecule has 1 spiro atoms. The van der Waals surface area contributed by atoms with Crippen LogP contribution < -0.4 is 0 Å². The van der Waals surface area contributed by atoms with Gasteiger partial charge in [0, 0.05) is 5.41 Å². The van der Waals surface area contributed by atoms with Gasteiger partial charge in [0.1, 0.15) is 0 Å². The minimum absolute atomic E-state index is 0.0202. The van der Waals surface area contributed by atoms with Gasteiger partial charge in [0.05, 0.1) is 17.6 Å². The molecule has 4 aliphatic rings. The van der Waals surface area contributed by atoms with E-state index in [9.17, 15) is 20.1 Å². The summed E-state index contributed by atoms with van der Waals surface area (Å²) in [4.78, 5) is 12.1. The van der Waals surface area contributed by atoms with E-state index in [0.29, 0.717) is 6.42 Å². The molecule has 0 radical (unpaired) electrons. The van der Waals surface area contributed by atoms with Crippen LogP contribution in [0, 0.1) is 34.0 Å². The van der Waals surface area contributed by atoms with E-state index in [0.717, 1.165) is 44.1 Å². The zero-order chi connectivity index (χ0) is 17.5. The Morgan fingerprint density at radius 2 is 1.92 bits per heavy atom. The number of aliphatic hydroxyl groups is 2.